The van der Waals surface area contributed by atoms with Gasteiger partial charge in [-0.3, -0.25) is 0 Å². The van der Waals surface area contributed by atoms with Crippen LogP contribution in [0.5, 0.6) is 0 Å². The van der Waals surface area contributed by atoms with E-state index in [1.165, 1.54) is 0 Å². The SMILES string of the molecule is CCC1(C)CCN(S(=O)(=O)c2ccc(Cl)c(Br)c2)CC1. The van der Waals surface area contributed by atoms with E-state index >= 15 is 0 Å². The molecule has 20 heavy (non-hydrogen) atoms. The highest BCUT2D eigenvalue weighted by Crippen LogP contribution is 2.36. The van der Waals surface area contributed by atoms with E-state index < -0.39 is 10.0 Å². The zero-order valence-corrected chi connectivity index (χ0v) is 14.9. The van der Waals surface area contributed by atoms with Crippen LogP contribution in [-0.4, -0.2) is 25.8 Å². The first-order chi connectivity index (χ1) is 9.28. The summed E-state index contributed by atoms with van der Waals surface area (Å²) in [6.07, 6.45) is 2.92. The van der Waals surface area contributed by atoms with Crippen LogP contribution in [0, 0.1) is 5.41 Å². The Hall–Kier alpha value is -0.100. The van der Waals surface area contributed by atoms with Crippen LogP contribution in [0.25, 0.3) is 0 Å². The quantitative estimate of drug-likeness (QED) is 0.784. The minimum Gasteiger partial charge on any atom is -0.207 e. The number of hydrogen-bond acceptors (Lipinski definition) is 2. The Morgan fingerprint density at radius 2 is 1.95 bits per heavy atom. The van der Waals surface area contributed by atoms with Crippen molar-refractivity contribution in [2.45, 2.75) is 38.0 Å². The van der Waals surface area contributed by atoms with Gasteiger partial charge in [-0.25, -0.2) is 8.42 Å². The first-order valence-corrected chi connectivity index (χ1v) is 9.35. The molecule has 0 unspecified atom stereocenters. The van der Waals surface area contributed by atoms with Crippen LogP contribution >= 0.6 is 27.5 Å². The summed E-state index contributed by atoms with van der Waals surface area (Å²) in [4.78, 5) is 0.300. The summed E-state index contributed by atoms with van der Waals surface area (Å²) in [7, 11) is -3.42. The number of hydrogen-bond donors (Lipinski definition) is 0. The van der Waals surface area contributed by atoms with Crippen LogP contribution in [-0.2, 0) is 10.0 Å². The van der Waals surface area contributed by atoms with Crippen LogP contribution in [0.4, 0.5) is 0 Å². The minimum atomic E-state index is -3.42. The maximum atomic E-state index is 12.6. The molecule has 0 N–H and O–H groups in total. The highest BCUT2D eigenvalue weighted by molar-refractivity contribution is 9.10. The van der Waals surface area contributed by atoms with Gasteiger partial charge < -0.3 is 0 Å². The summed E-state index contributed by atoms with van der Waals surface area (Å²) in [5.41, 5.74) is 0.270. The van der Waals surface area contributed by atoms with Gasteiger partial charge in [-0.15, -0.1) is 0 Å². The number of halogens is 2. The van der Waals surface area contributed by atoms with Crippen LogP contribution < -0.4 is 0 Å². The third-order valence-corrected chi connectivity index (χ3v) is 7.42. The first-order valence-electron chi connectivity index (χ1n) is 6.74. The number of benzene rings is 1. The number of piperidine rings is 1. The normalized spacial score (nSPS) is 20.0. The number of sulfonamides is 1. The topological polar surface area (TPSA) is 37.4 Å². The minimum absolute atomic E-state index is 0.270. The van der Waals surface area contributed by atoms with E-state index in [1.807, 2.05) is 0 Å². The van der Waals surface area contributed by atoms with Gasteiger partial charge in [0.15, 0.2) is 0 Å². The molecule has 1 heterocycles. The Kier molecular flexibility index (Phi) is 4.84. The molecule has 3 nitrogen and oxygen atoms in total. The van der Waals surface area contributed by atoms with Crippen molar-refractivity contribution in [3.8, 4) is 0 Å². The Labute approximate surface area is 134 Å². The molecule has 1 fully saturated rings. The van der Waals surface area contributed by atoms with Gasteiger partial charge in [0.1, 0.15) is 0 Å². The monoisotopic (exact) mass is 379 g/mol. The standard InChI is InChI=1S/C14H19BrClNO2S/c1-3-14(2)6-8-17(9-7-14)20(18,19)11-4-5-13(16)12(15)10-11/h4-5,10H,3,6-9H2,1-2H3. The number of nitrogens with zero attached hydrogens (tertiary/aromatic N) is 1. The highest BCUT2D eigenvalue weighted by Gasteiger charge is 2.34. The molecule has 1 aromatic carbocycles. The first kappa shape index (κ1) is 16.3. The lowest BCUT2D eigenvalue weighted by molar-refractivity contribution is 0.169. The zero-order valence-electron chi connectivity index (χ0n) is 11.7. The fourth-order valence-electron chi connectivity index (χ4n) is 2.41. The predicted molar refractivity (Wildman–Crippen MR) is 85.5 cm³/mol. The van der Waals surface area contributed by atoms with E-state index in [-0.39, 0.29) is 5.41 Å². The van der Waals surface area contributed by atoms with Crippen molar-refractivity contribution in [1.82, 2.24) is 4.31 Å². The molecule has 0 aromatic heterocycles. The molecule has 112 valence electrons. The van der Waals surface area contributed by atoms with Gasteiger partial charge in [0.05, 0.1) is 9.92 Å². The second-order valence-corrected chi connectivity index (χ2v) is 8.84. The summed E-state index contributed by atoms with van der Waals surface area (Å²) in [5, 5.41) is 0.515. The van der Waals surface area contributed by atoms with Crippen molar-refractivity contribution in [3.05, 3.63) is 27.7 Å². The summed E-state index contributed by atoms with van der Waals surface area (Å²) in [5.74, 6) is 0. The smallest absolute Gasteiger partial charge is 0.207 e. The molecule has 0 bridgehead atoms. The lowest BCUT2D eigenvalue weighted by Crippen LogP contribution is -2.41. The van der Waals surface area contributed by atoms with Crippen molar-refractivity contribution >= 4 is 37.6 Å². The fraction of sp³-hybridized carbons (Fsp3) is 0.571. The Morgan fingerprint density at radius 3 is 2.45 bits per heavy atom. The van der Waals surface area contributed by atoms with Crippen molar-refractivity contribution in [2.75, 3.05) is 13.1 Å². The summed E-state index contributed by atoms with van der Waals surface area (Å²) in [6, 6.07) is 4.75. The average Bonchev–Trinajstić information content (AvgIpc) is 2.42. The van der Waals surface area contributed by atoms with E-state index in [2.05, 4.69) is 29.8 Å². The van der Waals surface area contributed by atoms with Gasteiger partial charge in [-0.05, 0) is 52.4 Å². The van der Waals surface area contributed by atoms with Gasteiger partial charge in [-0.2, -0.15) is 4.31 Å². The van der Waals surface area contributed by atoms with Gasteiger partial charge in [0, 0.05) is 17.6 Å². The lowest BCUT2D eigenvalue weighted by Gasteiger charge is -2.38. The maximum Gasteiger partial charge on any atom is 0.243 e. The van der Waals surface area contributed by atoms with Gasteiger partial charge in [-0.1, -0.05) is 31.9 Å². The van der Waals surface area contributed by atoms with Crippen molar-refractivity contribution in [2.24, 2.45) is 5.41 Å². The third kappa shape index (κ3) is 3.21. The highest BCUT2D eigenvalue weighted by atomic mass is 79.9. The molecule has 1 saturated heterocycles. The molecular formula is C14H19BrClNO2S. The van der Waals surface area contributed by atoms with Crippen molar-refractivity contribution < 1.29 is 8.42 Å². The molecule has 0 saturated carbocycles. The Balaban J connectivity index is 2.22. The molecule has 1 aliphatic rings. The van der Waals surface area contributed by atoms with Crippen LogP contribution in [0.2, 0.25) is 5.02 Å². The van der Waals surface area contributed by atoms with E-state index in [0.29, 0.717) is 27.5 Å². The fourth-order valence-corrected chi connectivity index (χ4v) is 4.52. The van der Waals surface area contributed by atoms with Crippen molar-refractivity contribution in [3.63, 3.8) is 0 Å². The van der Waals surface area contributed by atoms with E-state index in [0.717, 1.165) is 19.3 Å². The molecule has 0 spiro atoms. The van der Waals surface area contributed by atoms with Crippen LogP contribution in [0.15, 0.2) is 27.6 Å². The molecule has 0 radical (unpaired) electrons. The molecule has 0 aliphatic carbocycles. The third-order valence-electron chi connectivity index (χ3n) is 4.31. The Morgan fingerprint density at radius 1 is 1.35 bits per heavy atom. The predicted octanol–water partition coefficient (Wildman–Crippen LogP) is 4.30. The average molecular weight is 381 g/mol. The van der Waals surface area contributed by atoms with Crippen molar-refractivity contribution in [1.29, 1.82) is 0 Å². The van der Waals surface area contributed by atoms with E-state index in [9.17, 15) is 8.42 Å². The van der Waals surface area contributed by atoms with Crippen LogP contribution in [0.1, 0.15) is 33.1 Å². The summed E-state index contributed by atoms with van der Waals surface area (Å²) < 4.78 is 27.4. The molecule has 0 amide bonds. The molecule has 2 rings (SSSR count). The zero-order chi connectivity index (χ0) is 15.0. The van der Waals surface area contributed by atoms with E-state index in [1.54, 1.807) is 22.5 Å². The van der Waals surface area contributed by atoms with Gasteiger partial charge >= 0.3 is 0 Å². The Bertz CT molecular complexity index is 595. The summed E-state index contributed by atoms with van der Waals surface area (Å²) in [6.45, 7) is 5.58. The largest absolute Gasteiger partial charge is 0.243 e. The molecule has 1 aliphatic heterocycles. The molecule has 0 atom stereocenters. The lowest BCUT2D eigenvalue weighted by atomic mass is 9.79. The molecule has 1 aromatic rings. The summed E-state index contributed by atoms with van der Waals surface area (Å²) >= 11 is 9.19. The number of rotatable bonds is 3. The van der Waals surface area contributed by atoms with Crippen LogP contribution in [0.3, 0.4) is 0 Å². The second-order valence-electron chi connectivity index (χ2n) is 5.64. The molecular weight excluding hydrogens is 362 g/mol. The van der Waals surface area contributed by atoms with Gasteiger partial charge in [0.25, 0.3) is 0 Å². The van der Waals surface area contributed by atoms with Gasteiger partial charge in [0.2, 0.25) is 10.0 Å². The second kappa shape index (κ2) is 5.95. The maximum absolute atomic E-state index is 12.6. The van der Waals surface area contributed by atoms with E-state index in [4.69, 9.17) is 11.6 Å². The molecule has 6 heteroatoms.